The largest absolute Gasteiger partial charge is 0.511 e. The summed E-state index contributed by atoms with van der Waals surface area (Å²) >= 11 is 3.21. The minimum absolute atomic E-state index is 0.0430. The van der Waals surface area contributed by atoms with Gasteiger partial charge in [-0.05, 0) is 70.8 Å². The Morgan fingerprint density at radius 3 is 2.71 bits per heavy atom. The zero-order valence-electron chi connectivity index (χ0n) is 17.8. The number of carbonyl (C=O) groups is 1. The second kappa shape index (κ2) is 7.61. The van der Waals surface area contributed by atoms with Gasteiger partial charge in [0.05, 0.1) is 0 Å². The summed E-state index contributed by atoms with van der Waals surface area (Å²) in [4.78, 5) is 19.5. The van der Waals surface area contributed by atoms with Gasteiger partial charge in [-0.1, -0.05) is 12.1 Å². The highest BCUT2D eigenvalue weighted by atomic mass is 79.9. The number of aliphatic hydroxyl groups excluding tert-OH is 1. The number of sulfonamides is 1. The third-order valence-electron chi connectivity index (χ3n) is 7.33. The predicted molar refractivity (Wildman–Crippen MR) is 125 cm³/mol. The topological polar surface area (TPSA) is 112 Å². The molecule has 2 aromatic rings. The molecule has 1 amide bonds. The molecule has 0 spiro atoms. The summed E-state index contributed by atoms with van der Waals surface area (Å²) in [6, 6.07) is 7.13. The van der Waals surface area contributed by atoms with Crippen LogP contribution in [0.5, 0.6) is 0 Å². The fourth-order valence-electron chi connectivity index (χ4n) is 5.96. The van der Waals surface area contributed by atoms with E-state index in [1.165, 1.54) is 24.4 Å². The molecule has 4 atom stereocenters. The number of hydrogen-bond donors (Lipinski definition) is 2. The predicted octanol–water partition coefficient (Wildman–Crippen LogP) is 3.77. The van der Waals surface area contributed by atoms with E-state index in [0.29, 0.717) is 4.47 Å². The van der Waals surface area contributed by atoms with E-state index < -0.39 is 15.9 Å². The van der Waals surface area contributed by atoms with E-state index in [-0.39, 0.29) is 64.0 Å². The number of anilines is 1. The Kier molecular flexibility index (Phi) is 4.86. The van der Waals surface area contributed by atoms with Gasteiger partial charge in [-0.3, -0.25) is 4.79 Å². The zero-order valence-corrected chi connectivity index (χ0v) is 20.2. The van der Waals surface area contributed by atoms with Crippen molar-refractivity contribution < 1.29 is 22.7 Å². The Labute approximate surface area is 203 Å². The van der Waals surface area contributed by atoms with Gasteiger partial charge in [0.15, 0.2) is 11.7 Å². The maximum absolute atomic E-state index is 13.8. The van der Waals surface area contributed by atoms with E-state index in [1.807, 2.05) is 0 Å². The Hall–Kier alpha value is -2.79. The molecule has 6 rings (SSSR count). The molecule has 2 fully saturated rings. The zero-order chi connectivity index (χ0) is 23.8. The van der Waals surface area contributed by atoms with Crippen molar-refractivity contribution in [3.8, 4) is 0 Å². The van der Waals surface area contributed by atoms with Crippen LogP contribution >= 0.6 is 15.9 Å². The lowest BCUT2D eigenvalue weighted by Crippen LogP contribution is -2.53. The highest BCUT2D eigenvalue weighted by Crippen LogP contribution is 2.55. The van der Waals surface area contributed by atoms with Crippen LogP contribution in [0.4, 0.5) is 10.2 Å². The maximum Gasteiger partial charge on any atom is 0.288 e. The van der Waals surface area contributed by atoms with Crippen LogP contribution < -0.4 is 5.32 Å². The Morgan fingerprint density at radius 1 is 1.21 bits per heavy atom. The lowest BCUT2D eigenvalue weighted by atomic mass is 9.77. The van der Waals surface area contributed by atoms with Crippen LogP contribution in [0.25, 0.3) is 0 Å². The number of halogens is 2. The number of fused-ring (bicyclic) bond motifs is 6. The number of pyridine rings is 1. The number of nitrogens with zero attached hydrogens (tertiary/aromatic N) is 3. The molecule has 1 aromatic carbocycles. The molecule has 0 saturated heterocycles. The van der Waals surface area contributed by atoms with E-state index >= 15 is 0 Å². The molecule has 2 N–H and O–H groups in total. The molecule has 0 radical (unpaired) electrons. The van der Waals surface area contributed by atoms with Crippen molar-refractivity contribution in [2.45, 2.75) is 36.7 Å². The Morgan fingerprint density at radius 2 is 1.94 bits per heavy atom. The molecule has 176 valence electrons. The average molecular weight is 547 g/mol. The molecule has 2 aliphatic carbocycles. The number of hydrogen-bond acceptors (Lipinski definition) is 6. The van der Waals surface area contributed by atoms with Crippen molar-refractivity contribution in [2.75, 3.05) is 5.32 Å². The molecule has 11 heteroatoms. The molecule has 34 heavy (non-hydrogen) atoms. The van der Waals surface area contributed by atoms with Crippen LogP contribution in [0.2, 0.25) is 0 Å². The molecule has 2 aliphatic heterocycles. The first-order valence-electron chi connectivity index (χ1n) is 11.0. The van der Waals surface area contributed by atoms with Gasteiger partial charge in [0.2, 0.25) is 0 Å². The van der Waals surface area contributed by atoms with E-state index in [4.69, 9.17) is 0 Å². The summed E-state index contributed by atoms with van der Waals surface area (Å²) in [5.74, 6) is -0.996. The van der Waals surface area contributed by atoms with Crippen molar-refractivity contribution in [1.82, 2.24) is 9.88 Å². The number of amidine groups is 1. The molecule has 3 heterocycles. The van der Waals surface area contributed by atoms with Crippen LogP contribution in [0.3, 0.4) is 0 Å². The van der Waals surface area contributed by atoms with Crippen LogP contribution in [0.15, 0.2) is 61.6 Å². The minimum Gasteiger partial charge on any atom is -0.511 e. The highest BCUT2D eigenvalue weighted by molar-refractivity contribution is 9.10. The van der Waals surface area contributed by atoms with Gasteiger partial charge in [0.25, 0.3) is 15.9 Å². The van der Waals surface area contributed by atoms with Crippen molar-refractivity contribution in [2.24, 2.45) is 22.2 Å². The van der Waals surface area contributed by atoms with Crippen molar-refractivity contribution in [1.29, 1.82) is 0 Å². The highest BCUT2D eigenvalue weighted by Gasteiger charge is 2.57. The summed E-state index contributed by atoms with van der Waals surface area (Å²) in [5, 5.41) is 14.2. The van der Waals surface area contributed by atoms with Crippen molar-refractivity contribution in [3.05, 3.63) is 63.7 Å². The summed E-state index contributed by atoms with van der Waals surface area (Å²) in [6.45, 7) is 0.224. The monoisotopic (exact) mass is 546 g/mol. The summed E-state index contributed by atoms with van der Waals surface area (Å²) < 4.78 is 43.6. The van der Waals surface area contributed by atoms with Gasteiger partial charge in [0.1, 0.15) is 22.0 Å². The molecular weight excluding hydrogens is 527 g/mol. The molecule has 2 bridgehead atoms. The molecule has 8 nitrogen and oxygen atoms in total. The summed E-state index contributed by atoms with van der Waals surface area (Å²) in [7, 11) is -4.15. The number of rotatable bonds is 3. The number of carbonyl (C=O) groups excluding carboxylic acids is 1. The summed E-state index contributed by atoms with van der Waals surface area (Å²) in [6.07, 6.45) is 4.25. The van der Waals surface area contributed by atoms with Crippen LogP contribution in [0.1, 0.15) is 24.8 Å². The smallest absolute Gasteiger partial charge is 0.288 e. The number of amides is 1. The third kappa shape index (κ3) is 3.28. The van der Waals surface area contributed by atoms with Gasteiger partial charge in [-0.2, -0.15) is 8.42 Å². The van der Waals surface area contributed by atoms with E-state index in [2.05, 4.69) is 30.6 Å². The van der Waals surface area contributed by atoms with Crippen LogP contribution in [-0.2, 0) is 21.4 Å². The average Bonchev–Trinajstić information content (AvgIpc) is 3.40. The first-order valence-corrected chi connectivity index (χ1v) is 13.2. The number of aromatic nitrogens is 1. The number of nitrogens with one attached hydrogen (secondary N) is 1. The first-order chi connectivity index (χ1) is 16.2. The number of aliphatic hydroxyl groups is 1. The lowest BCUT2D eigenvalue weighted by Gasteiger charge is -2.44. The normalized spacial score (nSPS) is 28.9. The van der Waals surface area contributed by atoms with E-state index in [1.54, 1.807) is 17.0 Å². The number of benzene rings is 1. The van der Waals surface area contributed by atoms with Gasteiger partial charge in [0, 0.05) is 29.2 Å². The Balaban J connectivity index is 1.45. The van der Waals surface area contributed by atoms with Crippen LogP contribution in [0, 0.1) is 23.6 Å². The van der Waals surface area contributed by atoms with Crippen molar-refractivity contribution in [3.63, 3.8) is 0 Å². The molecule has 1 aromatic heterocycles. The molecular formula is C23H20BrFN4O4S. The SMILES string of the molecule is O=C1C(C2=NS(=O)(=O)c3cc(Br)cnc3N2)=C(O)[C@@H]2[C@H]3CC[C@H](C3)[C@@H]2N1Cc1ccc(F)cc1. The molecule has 4 aliphatic rings. The lowest BCUT2D eigenvalue weighted by molar-refractivity contribution is -0.134. The fourth-order valence-corrected chi connectivity index (χ4v) is 7.54. The van der Waals surface area contributed by atoms with E-state index in [9.17, 15) is 22.7 Å². The maximum atomic E-state index is 13.8. The van der Waals surface area contributed by atoms with Gasteiger partial charge >= 0.3 is 0 Å². The second-order valence-corrected chi connectivity index (χ2v) is 11.7. The van der Waals surface area contributed by atoms with Gasteiger partial charge < -0.3 is 15.3 Å². The summed E-state index contributed by atoms with van der Waals surface area (Å²) in [5.41, 5.74) is 0.606. The molecule has 0 unspecified atom stereocenters. The Bertz CT molecular complexity index is 1390. The first kappa shape index (κ1) is 21.7. The quantitative estimate of drug-likeness (QED) is 0.606. The van der Waals surface area contributed by atoms with Crippen molar-refractivity contribution >= 4 is 43.5 Å². The van der Waals surface area contributed by atoms with Gasteiger partial charge in [-0.15, -0.1) is 4.40 Å². The minimum atomic E-state index is -4.15. The van der Waals surface area contributed by atoms with E-state index in [0.717, 1.165) is 24.8 Å². The second-order valence-electron chi connectivity index (χ2n) is 9.21. The van der Waals surface area contributed by atoms with Crippen LogP contribution in [-0.4, -0.2) is 41.2 Å². The molecule has 2 saturated carbocycles. The standard InChI is InChI=1S/C23H20BrFN4O4S/c24-14-8-16-21(26-9-14)27-22(28-34(16,32)33)18-20(30)17-12-3-4-13(7-12)19(17)29(23(18)31)10-11-1-5-15(25)6-2-11/h1-2,5-6,8-9,12-13,17,19,30H,3-4,7,10H2,(H,26,27,28)/t12-,13+,17+,19-/m0/s1. The van der Waals surface area contributed by atoms with Gasteiger partial charge in [-0.25, -0.2) is 9.37 Å². The third-order valence-corrected chi connectivity index (χ3v) is 9.05. The fraction of sp³-hybridized carbons (Fsp3) is 0.348.